The zero-order valence-electron chi connectivity index (χ0n) is 13.3. The molecule has 1 saturated carbocycles. The molecule has 2 aromatic heterocycles. The number of hydrogen-bond acceptors (Lipinski definition) is 6. The van der Waals surface area contributed by atoms with Gasteiger partial charge >= 0.3 is 5.97 Å². The van der Waals surface area contributed by atoms with Crippen molar-refractivity contribution in [3.05, 3.63) is 43.2 Å². The maximum atomic E-state index is 12.9. The van der Waals surface area contributed by atoms with Crippen LogP contribution >= 0.6 is 38.6 Å². The number of nitrogens with one attached hydrogen (secondary N) is 1. The lowest BCUT2D eigenvalue weighted by Crippen LogP contribution is -2.41. The Morgan fingerprint density at radius 2 is 2.04 bits per heavy atom. The molecule has 130 valence electrons. The number of carbonyl (C=O) groups excluding carboxylic acids is 1. The molecule has 7 heteroatoms. The van der Waals surface area contributed by atoms with Gasteiger partial charge in [-0.25, -0.2) is 4.79 Å². The van der Waals surface area contributed by atoms with Gasteiger partial charge in [0.25, 0.3) is 0 Å². The minimum Gasteiger partial charge on any atom is -0.460 e. The predicted molar refractivity (Wildman–Crippen MR) is 101 cm³/mol. The lowest BCUT2D eigenvalue weighted by atomic mass is 9.92. The van der Waals surface area contributed by atoms with E-state index in [1.165, 1.54) is 22.7 Å². The second-order valence-corrected chi connectivity index (χ2v) is 9.37. The summed E-state index contributed by atoms with van der Waals surface area (Å²) in [6.45, 7) is 0. The van der Waals surface area contributed by atoms with Crippen LogP contribution in [0.25, 0.3) is 0 Å². The molecule has 0 aliphatic heterocycles. The molecule has 0 amide bonds. The third-order valence-electron chi connectivity index (χ3n) is 4.46. The van der Waals surface area contributed by atoms with Crippen LogP contribution in [0.5, 0.6) is 0 Å². The van der Waals surface area contributed by atoms with Crippen LogP contribution < -0.4 is 5.32 Å². The van der Waals surface area contributed by atoms with E-state index in [1.807, 2.05) is 24.6 Å². The molecule has 0 bridgehead atoms. The molecule has 2 N–H and O–H groups in total. The van der Waals surface area contributed by atoms with Gasteiger partial charge in [-0.2, -0.15) is 0 Å². The summed E-state index contributed by atoms with van der Waals surface area (Å²) in [5.41, 5.74) is -1.73. The SMILES string of the molecule is CN[C@H]1CC[C@H](OC(=O)[C@@](O)(c2cccs2)c2ccc(Br)s2)CC1. The highest BCUT2D eigenvalue weighted by atomic mass is 79.9. The van der Waals surface area contributed by atoms with Gasteiger partial charge in [0.2, 0.25) is 5.60 Å². The van der Waals surface area contributed by atoms with E-state index in [2.05, 4.69) is 21.2 Å². The molecule has 1 aliphatic rings. The maximum absolute atomic E-state index is 12.9. The minimum atomic E-state index is -1.73. The normalized spacial score (nSPS) is 23.6. The van der Waals surface area contributed by atoms with Crippen LogP contribution in [0.1, 0.15) is 35.4 Å². The fourth-order valence-corrected chi connectivity index (χ4v) is 5.39. The molecule has 0 radical (unpaired) electrons. The Bertz CT molecular complexity index is 680. The van der Waals surface area contributed by atoms with Gasteiger partial charge in [0.15, 0.2) is 0 Å². The largest absolute Gasteiger partial charge is 0.460 e. The van der Waals surface area contributed by atoms with E-state index in [0.717, 1.165) is 29.5 Å². The van der Waals surface area contributed by atoms with Crippen LogP contribution in [0.4, 0.5) is 0 Å². The highest BCUT2D eigenvalue weighted by molar-refractivity contribution is 9.11. The van der Waals surface area contributed by atoms with Gasteiger partial charge in [-0.3, -0.25) is 0 Å². The zero-order chi connectivity index (χ0) is 17.2. The van der Waals surface area contributed by atoms with E-state index in [0.29, 0.717) is 15.8 Å². The quantitative estimate of drug-likeness (QED) is 0.707. The topological polar surface area (TPSA) is 58.6 Å². The Kier molecular flexibility index (Phi) is 5.77. The molecule has 4 nitrogen and oxygen atoms in total. The van der Waals surface area contributed by atoms with Crippen molar-refractivity contribution in [2.75, 3.05) is 7.05 Å². The first-order valence-corrected chi connectivity index (χ1v) is 10.4. The Balaban J connectivity index is 1.80. The molecule has 24 heavy (non-hydrogen) atoms. The minimum absolute atomic E-state index is 0.128. The summed E-state index contributed by atoms with van der Waals surface area (Å²) in [5, 5.41) is 16.4. The van der Waals surface area contributed by atoms with Crippen molar-refractivity contribution >= 4 is 44.6 Å². The molecule has 2 aromatic rings. The van der Waals surface area contributed by atoms with Crippen LogP contribution in [0.15, 0.2) is 33.4 Å². The molecule has 0 spiro atoms. The average Bonchev–Trinajstić information content (AvgIpc) is 3.26. The van der Waals surface area contributed by atoms with Crippen molar-refractivity contribution in [2.24, 2.45) is 0 Å². The fraction of sp³-hybridized carbons (Fsp3) is 0.471. The number of thiophene rings is 2. The highest BCUT2D eigenvalue weighted by Crippen LogP contribution is 2.40. The summed E-state index contributed by atoms with van der Waals surface area (Å²) in [6, 6.07) is 7.71. The van der Waals surface area contributed by atoms with Crippen molar-refractivity contribution in [3.63, 3.8) is 0 Å². The molecule has 0 saturated heterocycles. The lowest BCUT2D eigenvalue weighted by Gasteiger charge is -2.31. The number of ether oxygens (including phenoxy) is 1. The molecule has 2 heterocycles. The molecule has 1 atom stereocenters. The van der Waals surface area contributed by atoms with Crippen LogP contribution in [-0.4, -0.2) is 30.3 Å². The van der Waals surface area contributed by atoms with Gasteiger partial charge in [0.05, 0.1) is 13.5 Å². The third-order valence-corrected chi connectivity index (χ3v) is 7.17. The average molecular weight is 430 g/mol. The van der Waals surface area contributed by atoms with E-state index in [1.54, 1.807) is 12.1 Å². The van der Waals surface area contributed by atoms with Crippen molar-refractivity contribution in [3.8, 4) is 0 Å². The summed E-state index contributed by atoms with van der Waals surface area (Å²) in [7, 11) is 1.96. The van der Waals surface area contributed by atoms with Crippen molar-refractivity contribution < 1.29 is 14.6 Å². The van der Waals surface area contributed by atoms with Crippen molar-refractivity contribution in [2.45, 2.75) is 43.4 Å². The molecular formula is C17H20BrNO3S2. The Morgan fingerprint density at radius 3 is 2.58 bits per heavy atom. The first-order valence-electron chi connectivity index (χ1n) is 7.94. The smallest absolute Gasteiger partial charge is 0.349 e. The Hall–Kier alpha value is -0.730. The first-order chi connectivity index (χ1) is 11.5. The number of hydrogen-bond donors (Lipinski definition) is 2. The van der Waals surface area contributed by atoms with Crippen LogP contribution in [0, 0.1) is 0 Å². The third kappa shape index (κ3) is 3.60. The van der Waals surface area contributed by atoms with Gasteiger partial charge in [0.1, 0.15) is 6.10 Å². The van der Waals surface area contributed by atoms with Gasteiger partial charge < -0.3 is 15.2 Å². The Labute approximate surface area is 158 Å². The fourth-order valence-electron chi connectivity index (χ4n) is 3.02. The molecule has 0 aromatic carbocycles. The summed E-state index contributed by atoms with van der Waals surface area (Å²) in [6.07, 6.45) is 3.49. The lowest BCUT2D eigenvalue weighted by molar-refractivity contribution is -0.169. The van der Waals surface area contributed by atoms with Gasteiger partial charge in [-0.05, 0) is 72.2 Å². The predicted octanol–water partition coefficient (Wildman–Crippen LogP) is 3.88. The second kappa shape index (κ2) is 7.66. The number of carbonyl (C=O) groups is 1. The standard InChI is InChI=1S/C17H20BrNO3S2/c1-19-11-4-6-12(7-5-11)22-16(20)17(21,13-3-2-10-23-13)14-8-9-15(18)24-14/h2-3,8-12,19,21H,4-7H2,1H3/t11-,12-,17-/m1/s1. The molecule has 0 unspecified atom stereocenters. The van der Waals surface area contributed by atoms with E-state index in [-0.39, 0.29) is 6.10 Å². The maximum Gasteiger partial charge on any atom is 0.349 e. The summed E-state index contributed by atoms with van der Waals surface area (Å²) >= 11 is 6.11. The number of esters is 1. The van der Waals surface area contributed by atoms with Crippen LogP contribution in [0.3, 0.4) is 0 Å². The molecular weight excluding hydrogens is 410 g/mol. The molecule has 1 fully saturated rings. The number of aliphatic hydroxyl groups is 1. The number of halogens is 1. The monoisotopic (exact) mass is 429 g/mol. The van der Waals surface area contributed by atoms with Crippen LogP contribution in [0.2, 0.25) is 0 Å². The van der Waals surface area contributed by atoms with E-state index < -0.39 is 11.6 Å². The second-order valence-electron chi connectivity index (χ2n) is 5.96. The van der Waals surface area contributed by atoms with Crippen molar-refractivity contribution in [1.29, 1.82) is 0 Å². The van der Waals surface area contributed by atoms with Gasteiger partial charge in [0, 0.05) is 6.04 Å². The Morgan fingerprint density at radius 1 is 1.29 bits per heavy atom. The summed E-state index contributed by atoms with van der Waals surface area (Å²) < 4.78 is 6.59. The zero-order valence-corrected chi connectivity index (χ0v) is 16.5. The molecule has 1 aliphatic carbocycles. The first kappa shape index (κ1) is 18.1. The van der Waals surface area contributed by atoms with Gasteiger partial charge in [-0.15, -0.1) is 22.7 Å². The van der Waals surface area contributed by atoms with E-state index in [9.17, 15) is 9.90 Å². The summed E-state index contributed by atoms with van der Waals surface area (Å²) in [4.78, 5) is 14.1. The van der Waals surface area contributed by atoms with Crippen LogP contribution in [-0.2, 0) is 15.1 Å². The summed E-state index contributed by atoms with van der Waals surface area (Å²) in [5.74, 6) is -0.577. The van der Waals surface area contributed by atoms with E-state index >= 15 is 0 Å². The van der Waals surface area contributed by atoms with Crippen molar-refractivity contribution in [1.82, 2.24) is 5.32 Å². The van der Waals surface area contributed by atoms with E-state index in [4.69, 9.17) is 4.74 Å². The molecule has 3 rings (SSSR count). The number of rotatable bonds is 5. The van der Waals surface area contributed by atoms with Gasteiger partial charge in [-0.1, -0.05) is 6.07 Å². The highest BCUT2D eigenvalue weighted by Gasteiger charge is 2.45.